The first-order valence-corrected chi connectivity index (χ1v) is 10.3. The molecule has 0 saturated carbocycles. The average Bonchev–Trinajstić information content (AvgIpc) is 3.23. The number of amides is 1. The number of carbonyl (C=O) groups is 1. The van der Waals surface area contributed by atoms with Crippen LogP contribution in [0.2, 0.25) is 5.02 Å². The highest BCUT2D eigenvalue weighted by Crippen LogP contribution is 2.32. The Hall–Kier alpha value is -2.65. The molecule has 4 rings (SSSR count). The number of piperazine rings is 1. The molecule has 3 heterocycles. The number of nitrogens with zero attached hydrogens (tertiary/aromatic N) is 4. The summed E-state index contributed by atoms with van der Waals surface area (Å²) in [7, 11) is 0. The monoisotopic (exact) mass is 452 g/mol. The molecule has 1 saturated heterocycles. The summed E-state index contributed by atoms with van der Waals surface area (Å²) in [6, 6.07) is 9.70. The summed E-state index contributed by atoms with van der Waals surface area (Å²) in [6.07, 6.45) is -2.02. The lowest BCUT2D eigenvalue weighted by atomic mass is 10.2. The zero-order chi connectivity index (χ0) is 21.3. The number of hydrogen-bond donors (Lipinski definition) is 0. The van der Waals surface area contributed by atoms with E-state index in [-0.39, 0.29) is 5.91 Å². The highest BCUT2D eigenvalue weighted by Gasteiger charge is 2.31. The summed E-state index contributed by atoms with van der Waals surface area (Å²) in [5.41, 5.74) is 0.000923. The minimum absolute atomic E-state index is 0.120. The lowest BCUT2D eigenvalue weighted by Gasteiger charge is -2.35. The molecule has 0 spiro atoms. The van der Waals surface area contributed by atoms with Crippen LogP contribution in [0.3, 0.4) is 0 Å². The highest BCUT2D eigenvalue weighted by atomic mass is 35.5. The van der Waals surface area contributed by atoms with Crippen LogP contribution in [0, 0.1) is 0 Å². The third-order valence-electron chi connectivity index (χ3n) is 4.79. The zero-order valence-electron chi connectivity index (χ0n) is 15.6. The van der Waals surface area contributed by atoms with E-state index in [1.807, 2.05) is 23.1 Å². The maximum atomic E-state index is 12.8. The molecule has 3 aromatic rings. The Morgan fingerprint density at radius 1 is 1.00 bits per heavy atom. The first kappa shape index (κ1) is 20.6. The van der Waals surface area contributed by atoms with Gasteiger partial charge in [0, 0.05) is 37.9 Å². The van der Waals surface area contributed by atoms with E-state index in [0.29, 0.717) is 46.9 Å². The van der Waals surface area contributed by atoms with Crippen molar-refractivity contribution in [1.82, 2.24) is 14.9 Å². The number of aromatic nitrogens is 2. The molecule has 0 aliphatic carbocycles. The number of alkyl halides is 3. The van der Waals surface area contributed by atoms with Crippen LogP contribution in [0.5, 0.6) is 0 Å². The largest absolute Gasteiger partial charge is 0.417 e. The van der Waals surface area contributed by atoms with Gasteiger partial charge in [-0.2, -0.15) is 13.2 Å². The third kappa shape index (κ3) is 4.27. The van der Waals surface area contributed by atoms with Gasteiger partial charge in [0.1, 0.15) is 15.7 Å². The van der Waals surface area contributed by atoms with Gasteiger partial charge in [-0.15, -0.1) is 11.3 Å². The summed E-state index contributed by atoms with van der Waals surface area (Å²) in [6.45, 7) is 1.86. The molecule has 1 aliphatic heterocycles. The summed E-state index contributed by atoms with van der Waals surface area (Å²) in [5, 5.41) is 1.25. The lowest BCUT2D eigenvalue weighted by molar-refractivity contribution is -0.137. The van der Waals surface area contributed by atoms with Crippen LogP contribution < -0.4 is 4.90 Å². The van der Waals surface area contributed by atoms with Crippen LogP contribution in [0.4, 0.5) is 19.0 Å². The van der Waals surface area contributed by atoms with Gasteiger partial charge in [0.05, 0.1) is 16.8 Å². The SMILES string of the molecule is O=C(c1cnc(-c2ccccc2Cl)s1)N1CCN(c2ccc(C(F)(F)F)cn2)CC1. The molecule has 0 bridgehead atoms. The Morgan fingerprint density at radius 2 is 1.73 bits per heavy atom. The van der Waals surface area contributed by atoms with Crippen molar-refractivity contribution in [3.63, 3.8) is 0 Å². The Labute approximate surface area is 179 Å². The smallest absolute Gasteiger partial charge is 0.353 e. The summed E-state index contributed by atoms with van der Waals surface area (Å²) >= 11 is 7.49. The minimum atomic E-state index is -4.41. The second kappa shape index (κ2) is 8.23. The first-order valence-electron chi connectivity index (χ1n) is 9.11. The second-order valence-corrected chi connectivity index (χ2v) is 8.13. The van der Waals surface area contributed by atoms with Crippen LogP contribution in [0.15, 0.2) is 48.8 Å². The van der Waals surface area contributed by atoms with Gasteiger partial charge in [0.25, 0.3) is 5.91 Å². The van der Waals surface area contributed by atoms with Crippen LogP contribution in [-0.4, -0.2) is 47.0 Å². The van der Waals surface area contributed by atoms with Crippen molar-refractivity contribution in [1.29, 1.82) is 0 Å². The highest BCUT2D eigenvalue weighted by molar-refractivity contribution is 7.17. The van der Waals surface area contributed by atoms with E-state index in [1.165, 1.54) is 17.4 Å². The fourth-order valence-corrected chi connectivity index (χ4v) is 4.37. The number of hydrogen-bond acceptors (Lipinski definition) is 5. The van der Waals surface area contributed by atoms with Crippen LogP contribution in [0.25, 0.3) is 10.6 Å². The molecule has 5 nitrogen and oxygen atoms in total. The van der Waals surface area contributed by atoms with Gasteiger partial charge >= 0.3 is 6.18 Å². The summed E-state index contributed by atoms with van der Waals surface area (Å²) in [5.74, 6) is 0.347. The molecule has 156 valence electrons. The van der Waals surface area contributed by atoms with Gasteiger partial charge in [-0.25, -0.2) is 9.97 Å². The molecule has 10 heteroatoms. The number of thiazole rings is 1. The van der Waals surface area contributed by atoms with E-state index in [4.69, 9.17) is 11.6 Å². The maximum absolute atomic E-state index is 12.8. The number of pyridine rings is 1. The predicted molar refractivity (Wildman–Crippen MR) is 110 cm³/mol. The van der Waals surface area contributed by atoms with Gasteiger partial charge < -0.3 is 9.80 Å². The Kier molecular flexibility index (Phi) is 5.66. The molecular formula is C20H16ClF3N4OS. The fourth-order valence-electron chi connectivity index (χ4n) is 3.17. The topological polar surface area (TPSA) is 49.3 Å². The summed E-state index contributed by atoms with van der Waals surface area (Å²) < 4.78 is 38.1. The van der Waals surface area contributed by atoms with Gasteiger partial charge in [-0.3, -0.25) is 4.79 Å². The van der Waals surface area contributed by atoms with Crippen molar-refractivity contribution in [3.8, 4) is 10.6 Å². The van der Waals surface area contributed by atoms with Crippen LogP contribution >= 0.6 is 22.9 Å². The normalized spacial score (nSPS) is 14.8. The van der Waals surface area contributed by atoms with E-state index in [1.54, 1.807) is 17.2 Å². The zero-order valence-corrected chi connectivity index (χ0v) is 17.1. The molecule has 1 amide bonds. The number of halogens is 4. The van der Waals surface area contributed by atoms with Crippen molar-refractivity contribution >= 4 is 34.7 Å². The van der Waals surface area contributed by atoms with Crippen molar-refractivity contribution in [2.45, 2.75) is 6.18 Å². The molecule has 0 atom stereocenters. The minimum Gasteiger partial charge on any atom is -0.353 e. The van der Waals surface area contributed by atoms with Gasteiger partial charge in [0.2, 0.25) is 0 Å². The Bertz CT molecular complexity index is 1050. The molecule has 0 radical (unpaired) electrons. The molecule has 0 N–H and O–H groups in total. The van der Waals surface area contributed by atoms with Crippen molar-refractivity contribution in [3.05, 3.63) is 64.3 Å². The van der Waals surface area contributed by atoms with Gasteiger partial charge in [0.15, 0.2) is 0 Å². The van der Waals surface area contributed by atoms with E-state index in [0.717, 1.165) is 17.8 Å². The quantitative estimate of drug-likeness (QED) is 0.570. The van der Waals surface area contributed by atoms with Crippen molar-refractivity contribution in [2.24, 2.45) is 0 Å². The molecule has 1 fully saturated rings. The Balaban J connectivity index is 1.40. The Morgan fingerprint density at radius 3 is 2.37 bits per heavy atom. The summed E-state index contributed by atoms with van der Waals surface area (Å²) in [4.78, 5) is 25.2. The number of carbonyl (C=O) groups excluding carboxylic acids is 1. The molecular weight excluding hydrogens is 437 g/mol. The van der Waals surface area contributed by atoms with Gasteiger partial charge in [-0.05, 0) is 18.2 Å². The molecule has 2 aromatic heterocycles. The second-order valence-electron chi connectivity index (χ2n) is 6.69. The third-order valence-corrected chi connectivity index (χ3v) is 6.14. The standard InChI is InChI=1S/C20H16ClF3N4OS/c21-15-4-2-1-3-14(15)18-26-12-16(30-18)19(29)28-9-7-27(8-10-28)17-6-5-13(11-25-17)20(22,23)24/h1-6,11-12H,7-10H2. The number of anilines is 1. The fraction of sp³-hybridized carbons (Fsp3) is 0.250. The van der Waals surface area contributed by atoms with E-state index >= 15 is 0 Å². The van der Waals surface area contributed by atoms with Crippen LogP contribution in [0.1, 0.15) is 15.2 Å². The van der Waals surface area contributed by atoms with E-state index in [2.05, 4.69) is 9.97 Å². The molecule has 1 aromatic carbocycles. The van der Waals surface area contributed by atoms with E-state index in [9.17, 15) is 18.0 Å². The maximum Gasteiger partial charge on any atom is 0.417 e. The average molecular weight is 453 g/mol. The van der Waals surface area contributed by atoms with Crippen molar-refractivity contribution < 1.29 is 18.0 Å². The van der Waals surface area contributed by atoms with Gasteiger partial charge in [-0.1, -0.05) is 29.8 Å². The molecule has 1 aliphatic rings. The van der Waals surface area contributed by atoms with Crippen molar-refractivity contribution in [2.75, 3.05) is 31.1 Å². The number of benzene rings is 1. The molecule has 0 unspecified atom stereocenters. The number of rotatable bonds is 3. The molecule has 30 heavy (non-hydrogen) atoms. The first-order chi connectivity index (χ1) is 14.3. The van der Waals surface area contributed by atoms with Crippen LogP contribution in [-0.2, 0) is 6.18 Å². The van der Waals surface area contributed by atoms with E-state index < -0.39 is 11.7 Å². The predicted octanol–water partition coefficient (Wildman–Crippen LogP) is 4.84. The lowest BCUT2D eigenvalue weighted by Crippen LogP contribution is -2.48.